The number of likely N-dealkylation sites (tertiary alicyclic amines) is 2. The van der Waals surface area contributed by atoms with E-state index in [-0.39, 0.29) is 5.91 Å². The van der Waals surface area contributed by atoms with Gasteiger partial charge in [-0.1, -0.05) is 48.5 Å². The van der Waals surface area contributed by atoms with Crippen molar-refractivity contribution in [3.8, 4) is 0 Å². The van der Waals surface area contributed by atoms with Crippen molar-refractivity contribution < 1.29 is 4.79 Å². The Bertz CT molecular complexity index is 755. The number of hydrogen-bond donors (Lipinski definition) is 1. The maximum atomic E-state index is 12.6. The summed E-state index contributed by atoms with van der Waals surface area (Å²) >= 11 is 0. The van der Waals surface area contributed by atoms with E-state index in [1.807, 2.05) is 24.3 Å². The number of carbonyl (C=O) groups is 1. The van der Waals surface area contributed by atoms with E-state index in [0.29, 0.717) is 12.6 Å². The van der Waals surface area contributed by atoms with Gasteiger partial charge < -0.3 is 5.32 Å². The highest BCUT2D eigenvalue weighted by Crippen LogP contribution is 2.21. The number of anilines is 1. The molecule has 2 heterocycles. The van der Waals surface area contributed by atoms with Crippen LogP contribution < -0.4 is 5.32 Å². The Morgan fingerprint density at radius 3 is 2.52 bits per heavy atom. The third-order valence-electron chi connectivity index (χ3n) is 5.80. The lowest BCUT2D eigenvalue weighted by Gasteiger charge is -2.23. The Kier molecular flexibility index (Phi) is 5.85. The van der Waals surface area contributed by atoms with Gasteiger partial charge in [0, 0.05) is 24.8 Å². The fourth-order valence-corrected chi connectivity index (χ4v) is 4.37. The van der Waals surface area contributed by atoms with E-state index in [9.17, 15) is 4.79 Å². The maximum Gasteiger partial charge on any atom is 0.238 e. The fraction of sp³-hybridized carbons (Fsp3) is 0.435. The molecule has 2 aliphatic heterocycles. The van der Waals surface area contributed by atoms with Gasteiger partial charge in [0.2, 0.25) is 5.91 Å². The Labute approximate surface area is 162 Å². The summed E-state index contributed by atoms with van der Waals surface area (Å²) in [5.74, 6) is 0.0950. The van der Waals surface area contributed by atoms with Gasteiger partial charge in [-0.05, 0) is 56.0 Å². The van der Waals surface area contributed by atoms with Crippen molar-refractivity contribution >= 4 is 11.6 Å². The van der Waals surface area contributed by atoms with Gasteiger partial charge in [-0.25, -0.2) is 0 Å². The molecule has 0 aromatic heterocycles. The smallest absolute Gasteiger partial charge is 0.238 e. The number of amides is 1. The summed E-state index contributed by atoms with van der Waals surface area (Å²) in [6.45, 7) is 5.01. The van der Waals surface area contributed by atoms with Crippen molar-refractivity contribution in [3.05, 3.63) is 65.7 Å². The highest BCUT2D eigenvalue weighted by Gasteiger charge is 2.29. The van der Waals surface area contributed by atoms with Crippen molar-refractivity contribution in [2.24, 2.45) is 0 Å². The normalized spacial score (nSPS) is 20.8. The van der Waals surface area contributed by atoms with Crippen LogP contribution in [0.5, 0.6) is 0 Å². The standard InChI is InChI=1S/C23H29N3O/c27-23(18-25-15-12-21(17-25)26-13-6-7-14-26)24-22-11-5-4-10-20(22)16-19-8-2-1-3-9-19/h1-5,8-11,21H,6-7,12-18H2,(H,24,27). The van der Waals surface area contributed by atoms with E-state index in [0.717, 1.165) is 30.8 Å². The molecule has 0 saturated carbocycles. The van der Waals surface area contributed by atoms with Crippen molar-refractivity contribution in [2.45, 2.75) is 31.7 Å². The molecule has 2 saturated heterocycles. The second-order valence-electron chi connectivity index (χ2n) is 7.79. The summed E-state index contributed by atoms with van der Waals surface area (Å²) in [6, 6.07) is 19.2. The van der Waals surface area contributed by atoms with E-state index in [2.05, 4.69) is 45.4 Å². The molecule has 1 atom stereocenters. The van der Waals surface area contributed by atoms with E-state index in [4.69, 9.17) is 0 Å². The quantitative estimate of drug-likeness (QED) is 0.855. The lowest BCUT2D eigenvalue weighted by molar-refractivity contribution is -0.117. The first-order valence-corrected chi connectivity index (χ1v) is 10.2. The molecule has 142 valence electrons. The molecule has 2 aliphatic rings. The average molecular weight is 364 g/mol. The van der Waals surface area contributed by atoms with Crippen LogP contribution in [-0.2, 0) is 11.2 Å². The van der Waals surface area contributed by atoms with Crippen LogP contribution in [0.4, 0.5) is 5.69 Å². The van der Waals surface area contributed by atoms with Gasteiger partial charge in [-0.3, -0.25) is 14.6 Å². The average Bonchev–Trinajstić information content (AvgIpc) is 3.36. The molecule has 4 nitrogen and oxygen atoms in total. The van der Waals surface area contributed by atoms with Crippen molar-refractivity contribution in [1.82, 2.24) is 9.80 Å². The lowest BCUT2D eigenvalue weighted by Crippen LogP contribution is -2.37. The number of hydrogen-bond acceptors (Lipinski definition) is 3. The fourth-order valence-electron chi connectivity index (χ4n) is 4.37. The highest BCUT2D eigenvalue weighted by atomic mass is 16.2. The van der Waals surface area contributed by atoms with Crippen LogP contribution in [-0.4, -0.2) is 54.5 Å². The van der Waals surface area contributed by atoms with Crippen molar-refractivity contribution in [3.63, 3.8) is 0 Å². The molecule has 0 aliphatic carbocycles. The molecule has 1 amide bonds. The third kappa shape index (κ3) is 4.76. The molecule has 2 aromatic carbocycles. The van der Waals surface area contributed by atoms with Crippen LogP contribution in [0.25, 0.3) is 0 Å². The van der Waals surface area contributed by atoms with Gasteiger partial charge in [-0.15, -0.1) is 0 Å². The monoisotopic (exact) mass is 363 g/mol. The molecule has 1 unspecified atom stereocenters. The van der Waals surface area contributed by atoms with Crippen LogP contribution in [0.2, 0.25) is 0 Å². The molecule has 2 fully saturated rings. The van der Waals surface area contributed by atoms with Gasteiger partial charge >= 0.3 is 0 Å². The number of nitrogens with zero attached hydrogens (tertiary/aromatic N) is 2. The second-order valence-corrected chi connectivity index (χ2v) is 7.79. The molecular formula is C23H29N3O. The van der Waals surface area contributed by atoms with Crippen LogP contribution in [0.3, 0.4) is 0 Å². The molecule has 4 heteroatoms. The first-order chi connectivity index (χ1) is 13.3. The third-order valence-corrected chi connectivity index (χ3v) is 5.80. The van der Waals surface area contributed by atoms with Crippen LogP contribution >= 0.6 is 0 Å². The van der Waals surface area contributed by atoms with Gasteiger partial charge in [0.05, 0.1) is 6.54 Å². The summed E-state index contributed by atoms with van der Waals surface area (Å²) < 4.78 is 0. The van der Waals surface area contributed by atoms with Crippen LogP contribution in [0, 0.1) is 0 Å². The number of benzene rings is 2. The predicted octanol–water partition coefficient (Wildman–Crippen LogP) is 3.39. The minimum atomic E-state index is 0.0950. The van der Waals surface area contributed by atoms with Gasteiger partial charge in [0.1, 0.15) is 0 Å². The van der Waals surface area contributed by atoms with Gasteiger partial charge in [-0.2, -0.15) is 0 Å². The minimum absolute atomic E-state index is 0.0950. The number of rotatable bonds is 6. The Morgan fingerprint density at radius 1 is 0.963 bits per heavy atom. The van der Waals surface area contributed by atoms with Gasteiger partial charge in [0.25, 0.3) is 0 Å². The molecule has 4 rings (SSSR count). The molecule has 0 bridgehead atoms. The number of carbonyl (C=O) groups excluding carboxylic acids is 1. The first kappa shape index (κ1) is 18.2. The minimum Gasteiger partial charge on any atom is -0.325 e. The Morgan fingerprint density at radius 2 is 1.70 bits per heavy atom. The zero-order valence-corrected chi connectivity index (χ0v) is 15.9. The maximum absolute atomic E-state index is 12.6. The van der Waals surface area contributed by atoms with E-state index >= 15 is 0 Å². The summed E-state index contributed by atoms with van der Waals surface area (Å²) in [6.07, 6.45) is 4.68. The summed E-state index contributed by atoms with van der Waals surface area (Å²) in [7, 11) is 0. The molecular weight excluding hydrogens is 334 g/mol. The topological polar surface area (TPSA) is 35.6 Å². The first-order valence-electron chi connectivity index (χ1n) is 10.2. The predicted molar refractivity (Wildman–Crippen MR) is 110 cm³/mol. The molecule has 0 radical (unpaired) electrons. The van der Waals surface area contributed by atoms with Crippen LogP contribution in [0.1, 0.15) is 30.4 Å². The zero-order chi connectivity index (χ0) is 18.5. The SMILES string of the molecule is O=C(CN1CCC(N2CCCC2)C1)Nc1ccccc1Cc1ccccc1. The molecule has 2 aromatic rings. The summed E-state index contributed by atoms with van der Waals surface area (Å²) in [5.41, 5.74) is 3.35. The largest absolute Gasteiger partial charge is 0.325 e. The van der Waals surface area contributed by atoms with Crippen molar-refractivity contribution in [2.75, 3.05) is 38.0 Å². The highest BCUT2D eigenvalue weighted by molar-refractivity contribution is 5.93. The molecule has 27 heavy (non-hydrogen) atoms. The zero-order valence-electron chi connectivity index (χ0n) is 15.9. The Hall–Kier alpha value is -2.17. The summed E-state index contributed by atoms with van der Waals surface area (Å²) in [4.78, 5) is 17.5. The second kappa shape index (κ2) is 8.68. The number of nitrogens with one attached hydrogen (secondary N) is 1. The van der Waals surface area contributed by atoms with E-state index < -0.39 is 0 Å². The lowest BCUT2D eigenvalue weighted by atomic mass is 10.0. The van der Waals surface area contributed by atoms with Crippen LogP contribution in [0.15, 0.2) is 54.6 Å². The van der Waals surface area contributed by atoms with E-state index in [1.165, 1.54) is 37.9 Å². The van der Waals surface area contributed by atoms with Gasteiger partial charge in [0.15, 0.2) is 0 Å². The Balaban J connectivity index is 1.33. The summed E-state index contributed by atoms with van der Waals surface area (Å²) in [5, 5.41) is 3.15. The van der Waals surface area contributed by atoms with E-state index in [1.54, 1.807) is 0 Å². The number of para-hydroxylation sites is 1. The molecule has 1 N–H and O–H groups in total. The molecule has 0 spiro atoms. The van der Waals surface area contributed by atoms with Crippen molar-refractivity contribution in [1.29, 1.82) is 0 Å².